The minimum atomic E-state index is -0.311. The second kappa shape index (κ2) is 9.50. The maximum Gasteiger partial charge on any atom is 0.271 e. The van der Waals surface area contributed by atoms with Crippen LogP contribution in [0, 0.1) is 0 Å². The van der Waals surface area contributed by atoms with Gasteiger partial charge in [0.05, 0.1) is 13.5 Å². The van der Waals surface area contributed by atoms with Crippen molar-refractivity contribution in [1.82, 2.24) is 10.7 Å². The Morgan fingerprint density at radius 2 is 1.69 bits per heavy atom. The van der Waals surface area contributed by atoms with Crippen LogP contribution in [0.25, 0.3) is 10.8 Å². The van der Waals surface area contributed by atoms with Crippen molar-refractivity contribution in [2.75, 3.05) is 7.11 Å². The first-order valence-electron chi connectivity index (χ1n) is 9.27. The molecule has 0 bridgehead atoms. The quantitative estimate of drug-likeness (QED) is 0.478. The van der Waals surface area contributed by atoms with E-state index in [0.29, 0.717) is 17.8 Å². The Hall–Kier alpha value is -3.67. The van der Waals surface area contributed by atoms with E-state index in [1.165, 1.54) is 0 Å². The molecule has 0 saturated carbocycles. The molecule has 0 aliphatic rings. The summed E-state index contributed by atoms with van der Waals surface area (Å²) in [6.07, 6.45) is 0.105. The minimum Gasteiger partial charge on any atom is -0.497 e. The number of rotatable bonds is 7. The Labute approximate surface area is 169 Å². The van der Waals surface area contributed by atoms with Gasteiger partial charge in [0.25, 0.3) is 5.91 Å². The second-order valence-electron chi connectivity index (χ2n) is 6.65. The summed E-state index contributed by atoms with van der Waals surface area (Å²) in [6, 6.07) is 20.8. The number of nitrogens with zero attached hydrogens (tertiary/aromatic N) is 1. The van der Waals surface area contributed by atoms with Crippen LogP contribution in [-0.2, 0) is 11.3 Å². The molecule has 3 aromatic carbocycles. The monoisotopic (exact) mass is 389 g/mol. The summed E-state index contributed by atoms with van der Waals surface area (Å²) in [4.78, 5) is 24.4. The zero-order valence-corrected chi connectivity index (χ0v) is 16.4. The van der Waals surface area contributed by atoms with Gasteiger partial charge < -0.3 is 10.1 Å². The highest BCUT2D eigenvalue weighted by atomic mass is 16.5. The van der Waals surface area contributed by atoms with Gasteiger partial charge in [-0.1, -0.05) is 42.5 Å². The van der Waals surface area contributed by atoms with E-state index in [1.54, 1.807) is 20.1 Å². The highest BCUT2D eigenvalue weighted by Gasteiger charge is 2.07. The van der Waals surface area contributed by atoms with Crippen molar-refractivity contribution in [3.8, 4) is 5.75 Å². The average Bonchev–Trinajstić information content (AvgIpc) is 2.76. The van der Waals surface area contributed by atoms with Crippen molar-refractivity contribution >= 4 is 28.3 Å². The molecule has 0 atom stereocenters. The number of amides is 2. The third kappa shape index (κ3) is 5.65. The van der Waals surface area contributed by atoms with Crippen LogP contribution < -0.4 is 15.5 Å². The first-order chi connectivity index (χ1) is 14.0. The van der Waals surface area contributed by atoms with Gasteiger partial charge in [-0.05, 0) is 47.5 Å². The lowest BCUT2D eigenvalue weighted by Gasteiger charge is -2.07. The number of nitrogens with one attached hydrogen (secondary N) is 2. The van der Waals surface area contributed by atoms with Gasteiger partial charge >= 0.3 is 0 Å². The Balaban J connectivity index is 1.50. The fourth-order valence-corrected chi connectivity index (χ4v) is 2.82. The van der Waals surface area contributed by atoms with E-state index < -0.39 is 0 Å². The summed E-state index contributed by atoms with van der Waals surface area (Å²) < 4.78 is 5.11. The molecule has 3 aromatic rings. The van der Waals surface area contributed by atoms with Gasteiger partial charge in [0.15, 0.2) is 0 Å². The number of carbonyl (C=O) groups is 2. The summed E-state index contributed by atoms with van der Waals surface area (Å²) in [5.41, 5.74) is 4.52. The SMILES string of the molecule is COc1ccc(CNC(=O)C/C(C)=N/NC(=O)c2ccc3ccccc3c2)cc1. The molecule has 3 rings (SSSR count). The number of ether oxygens (including phenoxy) is 1. The predicted octanol–water partition coefficient (Wildman–Crippen LogP) is 3.66. The summed E-state index contributed by atoms with van der Waals surface area (Å²) in [5.74, 6) is 0.293. The van der Waals surface area contributed by atoms with Crippen molar-refractivity contribution in [3.05, 3.63) is 77.9 Å². The molecule has 0 unspecified atom stereocenters. The van der Waals surface area contributed by atoms with E-state index in [-0.39, 0.29) is 18.2 Å². The zero-order chi connectivity index (χ0) is 20.6. The normalized spacial score (nSPS) is 11.2. The molecule has 0 spiro atoms. The molecule has 0 aliphatic carbocycles. The molecule has 29 heavy (non-hydrogen) atoms. The Kier molecular flexibility index (Phi) is 6.58. The van der Waals surface area contributed by atoms with Crippen LogP contribution in [0.15, 0.2) is 71.8 Å². The van der Waals surface area contributed by atoms with Gasteiger partial charge in [0.2, 0.25) is 5.91 Å². The van der Waals surface area contributed by atoms with Crippen molar-refractivity contribution in [2.45, 2.75) is 19.9 Å². The minimum absolute atomic E-state index is 0.105. The standard InChI is InChI=1S/C23H23N3O3/c1-16(13-22(27)24-15-17-7-11-21(29-2)12-8-17)25-26-23(28)20-10-9-18-5-3-4-6-19(18)14-20/h3-12,14H,13,15H2,1-2H3,(H,24,27)(H,26,28)/b25-16+. The lowest BCUT2D eigenvalue weighted by Crippen LogP contribution is -2.26. The highest BCUT2D eigenvalue weighted by molar-refractivity contribution is 6.02. The summed E-state index contributed by atoms with van der Waals surface area (Å²) in [7, 11) is 1.61. The van der Waals surface area contributed by atoms with E-state index in [4.69, 9.17) is 4.74 Å². The van der Waals surface area contributed by atoms with Crippen LogP contribution in [0.5, 0.6) is 5.75 Å². The number of fused-ring (bicyclic) bond motifs is 1. The maximum absolute atomic E-state index is 12.3. The number of methoxy groups -OCH3 is 1. The van der Waals surface area contributed by atoms with Crippen LogP contribution in [0.4, 0.5) is 0 Å². The van der Waals surface area contributed by atoms with Crippen molar-refractivity contribution in [3.63, 3.8) is 0 Å². The molecule has 0 radical (unpaired) electrons. The van der Waals surface area contributed by atoms with Crippen LogP contribution in [0.2, 0.25) is 0 Å². The molecule has 148 valence electrons. The van der Waals surface area contributed by atoms with E-state index in [2.05, 4.69) is 15.8 Å². The van der Waals surface area contributed by atoms with E-state index in [1.807, 2.05) is 60.7 Å². The van der Waals surface area contributed by atoms with Crippen LogP contribution in [0.3, 0.4) is 0 Å². The number of carbonyl (C=O) groups excluding carboxylic acids is 2. The van der Waals surface area contributed by atoms with Crippen LogP contribution in [0.1, 0.15) is 29.3 Å². The lowest BCUT2D eigenvalue weighted by molar-refractivity contribution is -0.120. The van der Waals surface area contributed by atoms with Crippen molar-refractivity contribution < 1.29 is 14.3 Å². The molecule has 0 saturated heterocycles. The average molecular weight is 389 g/mol. The van der Waals surface area contributed by atoms with Gasteiger partial charge in [-0.15, -0.1) is 0 Å². The number of hydrogen-bond donors (Lipinski definition) is 2. The Bertz CT molecular complexity index is 1040. The largest absolute Gasteiger partial charge is 0.497 e. The maximum atomic E-state index is 12.3. The molecule has 2 amide bonds. The molecular formula is C23H23N3O3. The Morgan fingerprint density at radius 1 is 0.966 bits per heavy atom. The van der Waals surface area contributed by atoms with Gasteiger partial charge in [0, 0.05) is 17.8 Å². The van der Waals surface area contributed by atoms with Crippen molar-refractivity contribution in [1.29, 1.82) is 0 Å². The van der Waals surface area contributed by atoms with Gasteiger partial charge in [-0.2, -0.15) is 5.10 Å². The summed E-state index contributed by atoms with van der Waals surface area (Å²) in [6.45, 7) is 2.12. The highest BCUT2D eigenvalue weighted by Crippen LogP contribution is 2.15. The smallest absolute Gasteiger partial charge is 0.271 e. The summed E-state index contributed by atoms with van der Waals surface area (Å²) >= 11 is 0. The molecule has 6 heteroatoms. The molecule has 0 aliphatic heterocycles. The lowest BCUT2D eigenvalue weighted by atomic mass is 10.1. The first kappa shape index (κ1) is 20.1. The topological polar surface area (TPSA) is 79.8 Å². The van der Waals surface area contributed by atoms with Crippen LogP contribution >= 0.6 is 0 Å². The molecule has 6 nitrogen and oxygen atoms in total. The van der Waals surface area contributed by atoms with E-state index in [0.717, 1.165) is 22.1 Å². The number of hydrazone groups is 1. The predicted molar refractivity (Wildman–Crippen MR) is 114 cm³/mol. The van der Waals surface area contributed by atoms with Gasteiger partial charge in [-0.3, -0.25) is 9.59 Å². The first-order valence-corrected chi connectivity index (χ1v) is 9.27. The van der Waals surface area contributed by atoms with Crippen LogP contribution in [-0.4, -0.2) is 24.6 Å². The zero-order valence-electron chi connectivity index (χ0n) is 16.4. The molecule has 0 aromatic heterocycles. The molecule has 0 heterocycles. The third-order valence-electron chi connectivity index (χ3n) is 4.43. The van der Waals surface area contributed by atoms with Crippen molar-refractivity contribution in [2.24, 2.45) is 5.10 Å². The number of benzene rings is 3. The molecule has 2 N–H and O–H groups in total. The Morgan fingerprint density at radius 3 is 2.41 bits per heavy atom. The molecule has 0 fully saturated rings. The third-order valence-corrected chi connectivity index (χ3v) is 4.43. The van der Waals surface area contributed by atoms with Gasteiger partial charge in [0.1, 0.15) is 5.75 Å². The fourth-order valence-electron chi connectivity index (χ4n) is 2.82. The summed E-state index contributed by atoms with van der Waals surface area (Å²) in [5, 5.41) is 8.92. The van der Waals surface area contributed by atoms with Gasteiger partial charge in [-0.25, -0.2) is 5.43 Å². The van der Waals surface area contributed by atoms with E-state index in [9.17, 15) is 9.59 Å². The fraction of sp³-hybridized carbons (Fsp3) is 0.174. The second-order valence-corrected chi connectivity index (χ2v) is 6.65. The molecular weight excluding hydrogens is 366 g/mol. The van der Waals surface area contributed by atoms with E-state index >= 15 is 0 Å². The number of hydrogen-bond acceptors (Lipinski definition) is 4.